The largest absolute Gasteiger partial charge is 0.340 e. The molecule has 0 aromatic heterocycles. The van der Waals surface area contributed by atoms with Crippen molar-refractivity contribution in [3.8, 4) is 0 Å². The fourth-order valence-electron chi connectivity index (χ4n) is 2.84. The summed E-state index contributed by atoms with van der Waals surface area (Å²) in [4.78, 5) is 17.0. The normalized spacial score (nSPS) is 25.9. The van der Waals surface area contributed by atoms with Gasteiger partial charge in [0, 0.05) is 31.6 Å². The second kappa shape index (κ2) is 5.36. The van der Waals surface area contributed by atoms with Crippen LogP contribution in [0, 0.1) is 5.41 Å². The number of carbonyl (C=O) groups is 1. The van der Waals surface area contributed by atoms with Crippen molar-refractivity contribution in [3.05, 3.63) is 0 Å². The quantitative estimate of drug-likeness (QED) is 0.764. The van der Waals surface area contributed by atoms with E-state index in [2.05, 4.69) is 29.0 Å². The van der Waals surface area contributed by atoms with Crippen molar-refractivity contribution in [1.29, 1.82) is 0 Å². The van der Waals surface area contributed by atoms with Crippen LogP contribution in [-0.4, -0.2) is 61.5 Å². The fourth-order valence-corrected chi connectivity index (χ4v) is 2.84. The third-order valence-electron chi connectivity index (χ3n) is 4.33. The molecule has 0 atom stereocenters. The monoisotopic (exact) mass is 239 g/mol. The summed E-state index contributed by atoms with van der Waals surface area (Å²) in [5.74, 6) is 0.384. The summed E-state index contributed by atoms with van der Waals surface area (Å²) in [7, 11) is 0. The molecule has 2 heterocycles. The Bertz CT molecular complexity index is 266. The van der Waals surface area contributed by atoms with E-state index >= 15 is 0 Å². The van der Waals surface area contributed by atoms with Gasteiger partial charge in [0.1, 0.15) is 0 Å². The summed E-state index contributed by atoms with van der Waals surface area (Å²) in [6.07, 6.45) is 1.97. The Balaban J connectivity index is 1.91. The highest BCUT2D eigenvalue weighted by Gasteiger charge is 2.38. The standard InChI is InChI=1S/C13H25N3O/c1-3-15-8-10-16(11-9-15)12(17)13(2)4-6-14-7-5-13/h14H,3-11H2,1-2H3. The molecule has 2 aliphatic rings. The van der Waals surface area contributed by atoms with Gasteiger partial charge in [-0.05, 0) is 32.5 Å². The number of piperidine rings is 1. The number of nitrogens with one attached hydrogen (secondary N) is 1. The highest BCUT2D eigenvalue weighted by atomic mass is 16.2. The van der Waals surface area contributed by atoms with E-state index in [1.807, 2.05) is 0 Å². The Morgan fingerprint density at radius 1 is 1.18 bits per heavy atom. The molecule has 98 valence electrons. The van der Waals surface area contributed by atoms with Gasteiger partial charge in [0.05, 0.1) is 0 Å². The lowest BCUT2D eigenvalue weighted by atomic mass is 9.79. The maximum Gasteiger partial charge on any atom is 0.228 e. The number of rotatable bonds is 2. The Morgan fingerprint density at radius 3 is 2.29 bits per heavy atom. The van der Waals surface area contributed by atoms with Gasteiger partial charge in [-0.2, -0.15) is 0 Å². The van der Waals surface area contributed by atoms with Crippen LogP contribution in [0.15, 0.2) is 0 Å². The molecule has 0 aromatic rings. The van der Waals surface area contributed by atoms with Crippen molar-refractivity contribution >= 4 is 5.91 Å². The van der Waals surface area contributed by atoms with Gasteiger partial charge in [0.2, 0.25) is 5.91 Å². The van der Waals surface area contributed by atoms with Crippen molar-refractivity contribution in [2.24, 2.45) is 5.41 Å². The minimum absolute atomic E-state index is 0.111. The van der Waals surface area contributed by atoms with E-state index in [1.54, 1.807) is 0 Å². The predicted octanol–water partition coefficient (Wildman–Crippen LogP) is 0.540. The Labute approximate surface area is 104 Å². The van der Waals surface area contributed by atoms with Crippen LogP contribution in [0.3, 0.4) is 0 Å². The van der Waals surface area contributed by atoms with Crippen LogP contribution in [-0.2, 0) is 4.79 Å². The van der Waals surface area contributed by atoms with Gasteiger partial charge in [-0.1, -0.05) is 13.8 Å². The van der Waals surface area contributed by atoms with Crippen molar-refractivity contribution < 1.29 is 4.79 Å². The lowest BCUT2D eigenvalue weighted by Gasteiger charge is -2.41. The highest BCUT2D eigenvalue weighted by Crippen LogP contribution is 2.30. The minimum atomic E-state index is -0.111. The molecule has 17 heavy (non-hydrogen) atoms. The highest BCUT2D eigenvalue weighted by molar-refractivity contribution is 5.82. The van der Waals surface area contributed by atoms with Gasteiger partial charge >= 0.3 is 0 Å². The van der Waals surface area contributed by atoms with E-state index in [0.717, 1.165) is 58.7 Å². The van der Waals surface area contributed by atoms with E-state index in [1.165, 1.54) is 0 Å². The summed E-state index contributed by atoms with van der Waals surface area (Å²) in [6.45, 7) is 11.3. The van der Waals surface area contributed by atoms with Gasteiger partial charge in [0.15, 0.2) is 0 Å². The second-order valence-electron chi connectivity index (χ2n) is 5.54. The average molecular weight is 239 g/mol. The van der Waals surface area contributed by atoms with Crippen LogP contribution >= 0.6 is 0 Å². The predicted molar refractivity (Wildman–Crippen MR) is 68.9 cm³/mol. The number of amides is 1. The van der Waals surface area contributed by atoms with Crippen LogP contribution in [0.4, 0.5) is 0 Å². The first kappa shape index (κ1) is 12.8. The molecule has 0 aromatic carbocycles. The number of likely N-dealkylation sites (N-methyl/N-ethyl adjacent to an activating group) is 1. The molecule has 0 aliphatic carbocycles. The maximum atomic E-state index is 12.5. The third-order valence-corrected chi connectivity index (χ3v) is 4.33. The summed E-state index contributed by atoms with van der Waals surface area (Å²) >= 11 is 0. The summed E-state index contributed by atoms with van der Waals surface area (Å²) in [6, 6.07) is 0. The molecular formula is C13H25N3O. The third kappa shape index (κ3) is 2.80. The summed E-state index contributed by atoms with van der Waals surface area (Å²) in [5, 5.41) is 3.33. The van der Waals surface area contributed by atoms with E-state index in [0.29, 0.717) is 5.91 Å². The molecule has 2 saturated heterocycles. The fraction of sp³-hybridized carbons (Fsp3) is 0.923. The summed E-state index contributed by atoms with van der Waals surface area (Å²) in [5.41, 5.74) is -0.111. The van der Waals surface area contributed by atoms with Gasteiger partial charge in [-0.15, -0.1) is 0 Å². The second-order valence-corrected chi connectivity index (χ2v) is 5.54. The summed E-state index contributed by atoms with van der Waals surface area (Å²) < 4.78 is 0. The molecule has 1 amide bonds. The molecule has 4 heteroatoms. The van der Waals surface area contributed by atoms with E-state index in [9.17, 15) is 4.79 Å². The molecule has 4 nitrogen and oxygen atoms in total. The molecule has 0 unspecified atom stereocenters. The number of hydrogen-bond acceptors (Lipinski definition) is 3. The molecule has 0 radical (unpaired) electrons. The van der Waals surface area contributed by atoms with E-state index in [4.69, 9.17) is 0 Å². The minimum Gasteiger partial charge on any atom is -0.340 e. The first-order valence-corrected chi connectivity index (χ1v) is 6.88. The van der Waals surface area contributed by atoms with Crippen molar-refractivity contribution in [3.63, 3.8) is 0 Å². The van der Waals surface area contributed by atoms with Crippen LogP contribution < -0.4 is 5.32 Å². The van der Waals surface area contributed by atoms with Crippen molar-refractivity contribution in [2.75, 3.05) is 45.8 Å². The molecule has 0 bridgehead atoms. The van der Waals surface area contributed by atoms with Crippen LogP contribution in [0.2, 0.25) is 0 Å². The Morgan fingerprint density at radius 2 is 1.76 bits per heavy atom. The maximum absolute atomic E-state index is 12.5. The zero-order chi connectivity index (χ0) is 12.3. The van der Waals surface area contributed by atoms with Gasteiger partial charge < -0.3 is 15.1 Å². The van der Waals surface area contributed by atoms with Crippen LogP contribution in [0.1, 0.15) is 26.7 Å². The molecular weight excluding hydrogens is 214 g/mol. The van der Waals surface area contributed by atoms with Crippen LogP contribution in [0.25, 0.3) is 0 Å². The molecule has 2 rings (SSSR count). The topological polar surface area (TPSA) is 35.6 Å². The van der Waals surface area contributed by atoms with E-state index < -0.39 is 0 Å². The zero-order valence-electron chi connectivity index (χ0n) is 11.2. The molecule has 1 N–H and O–H groups in total. The SMILES string of the molecule is CCN1CCN(C(=O)C2(C)CCNCC2)CC1. The van der Waals surface area contributed by atoms with E-state index in [-0.39, 0.29) is 5.41 Å². The van der Waals surface area contributed by atoms with Gasteiger partial charge in [0.25, 0.3) is 0 Å². The molecule has 2 aliphatic heterocycles. The molecule has 0 saturated carbocycles. The average Bonchev–Trinajstić information content (AvgIpc) is 2.39. The van der Waals surface area contributed by atoms with Crippen molar-refractivity contribution in [2.45, 2.75) is 26.7 Å². The van der Waals surface area contributed by atoms with Gasteiger partial charge in [-0.3, -0.25) is 4.79 Å². The first-order valence-electron chi connectivity index (χ1n) is 6.88. The molecule has 0 spiro atoms. The lowest BCUT2D eigenvalue weighted by molar-refractivity contribution is -0.144. The number of carbonyl (C=O) groups excluding carboxylic acids is 1. The van der Waals surface area contributed by atoms with Crippen molar-refractivity contribution in [1.82, 2.24) is 15.1 Å². The first-order chi connectivity index (χ1) is 8.15. The lowest BCUT2D eigenvalue weighted by Crippen LogP contribution is -2.54. The molecule has 2 fully saturated rings. The Hall–Kier alpha value is -0.610. The smallest absolute Gasteiger partial charge is 0.228 e. The number of hydrogen-bond donors (Lipinski definition) is 1. The van der Waals surface area contributed by atoms with Gasteiger partial charge in [-0.25, -0.2) is 0 Å². The van der Waals surface area contributed by atoms with Crippen LogP contribution in [0.5, 0.6) is 0 Å². The zero-order valence-corrected chi connectivity index (χ0v) is 11.2. The Kier molecular flexibility index (Phi) is 4.05. The number of piperazine rings is 1. The number of nitrogens with zero attached hydrogens (tertiary/aromatic N) is 2.